The van der Waals surface area contributed by atoms with Crippen LogP contribution in [0.3, 0.4) is 0 Å². The predicted molar refractivity (Wildman–Crippen MR) is 124 cm³/mol. The van der Waals surface area contributed by atoms with Crippen molar-refractivity contribution in [2.24, 2.45) is 0 Å². The Morgan fingerprint density at radius 2 is 1.71 bits per heavy atom. The Hall–Kier alpha value is -1.50. The first-order chi connectivity index (χ1) is 13.2. The van der Waals surface area contributed by atoms with Crippen LogP contribution < -0.4 is 10.6 Å². The lowest BCUT2D eigenvalue weighted by Crippen LogP contribution is -2.20. The van der Waals surface area contributed by atoms with Gasteiger partial charge in [0.15, 0.2) is 5.11 Å². The molecule has 0 saturated heterocycles. The summed E-state index contributed by atoms with van der Waals surface area (Å²) in [6, 6.07) is 10.7. The number of hydrogen-bond donors (Lipinski definition) is 2. The van der Waals surface area contributed by atoms with Crippen molar-refractivity contribution in [3.05, 3.63) is 73.4 Å². The SMILES string of the molecule is Cc1nn(Cc2ccc(Cl)c(Cl)c2)c(C)c1NC(=S)Nc1ccc(Cl)cc1Cl. The molecule has 0 spiro atoms. The van der Waals surface area contributed by atoms with Crippen LogP contribution in [-0.4, -0.2) is 14.9 Å². The Morgan fingerprint density at radius 1 is 0.964 bits per heavy atom. The van der Waals surface area contributed by atoms with E-state index in [1.165, 1.54) is 0 Å². The van der Waals surface area contributed by atoms with E-state index >= 15 is 0 Å². The average Bonchev–Trinajstić information content (AvgIpc) is 2.88. The summed E-state index contributed by atoms with van der Waals surface area (Å²) < 4.78 is 1.88. The van der Waals surface area contributed by atoms with E-state index < -0.39 is 0 Å². The van der Waals surface area contributed by atoms with Crippen LogP contribution in [-0.2, 0) is 6.54 Å². The highest BCUT2D eigenvalue weighted by molar-refractivity contribution is 7.80. The van der Waals surface area contributed by atoms with E-state index in [-0.39, 0.29) is 0 Å². The number of aryl methyl sites for hydroxylation is 1. The number of nitrogens with zero attached hydrogens (tertiary/aromatic N) is 2. The van der Waals surface area contributed by atoms with Gasteiger partial charge in [0, 0.05) is 5.02 Å². The van der Waals surface area contributed by atoms with Gasteiger partial charge in [0.05, 0.1) is 44.4 Å². The number of thiocarbonyl (C=S) groups is 1. The van der Waals surface area contributed by atoms with Gasteiger partial charge in [-0.15, -0.1) is 0 Å². The summed E-state index contributed by atoms with van der Waals surface area (Å²) in [5, 5.41) is 13.4. The fraction of sp³-hybridized carbons (Fsp3) is 0.158. The molecule has 4 nitrogen and oxygen atoms in total. The molecular weight excluding hydrogens is 458 g/mol. The summed E-state index contributed by atoms with van der Waals surface area (Å²) >= 11 is 29.6. The van der Waals surface area contributed by atoms with Crippen LogP contribution in [0.5, 0.6) is 0 Å². The zero-order valence-electron chi connectivity index (χ0n) is 15.0. The number of halogens is 4. The van der Waals surface area contributed by atoms with E-state index in [0.717, 1.165) is 22.6 Å². The summed E-state index contributed by atoms with van der Waals surface area (Å²) in [4.78, 5) is 0. The molecule has 3 rings (SSSR count). The van der Waals surface area contributed by atoms with Crippen LogP contribution in [0.1, 0.15) is 17.0 Å². The van der Waals surface area contributed by atoms with Gasteiger partial charge >= 0.3 is 0 Å². The molecule has 0 aliphatic rings. The summed E-state index contributed by atoms with van der Waals surface area (Å²) in [5.74, 6) is 0. The lowest BCUT2D eigenvalue weighted by Gasteiger charge is -2.12. The number of rotatable bonds is 4. The largest absolute Gasteiger partial charge is 0.331 e. The third-order valence-electron chi connectivity index (χ3n) is 4.12. The van der Waals surface area contributed by atoms with Crippen molar-refractivity contribution in [3.8, 4) is 0 Å². The predicted octanol–water partition coefficient (Wildman–Crippen LogP) is 6.97. The summed E-state index contributed by atoms with van der Waals surface area (Å²) in [7, 11) is 0. The highest BCUT2D eigenvalue weighted by Gasteiger charge is 2.14. The van der Waals surface area contributed by atoms with Gasteiger partial charge in [0.25, 0.3) is 0 Å². The molecule has 28 heavy (non-hydrogen) atoms. The van der Waals surface area contributed by atoms with Crippen molar-refractivity contribution < 1.29 is 0 Å². The molecule has 0 unspecified atom stereocenters. The number of benzene rings is 2. The second-order valence-electron chi connectivity index (χ2n) is 6.16. The van der Waals surface area contributed by atoms with E-state index in [2.05, 4.69) is 15.7 Å². The summed E-state index contributed by atoms with van der Waals surface area (Å²) in [5.41, 5.74) is 4.27. The van der Waals surface area contributed by atoms with Crippen LogP contribution in [0.25, 0.3) is 0 Å². The van der Waals surface area contributed by atoms with Crippen molar-refractivity contribution in [1.82, 2.24) is 9.78 Å². The summed E-state index contributed by atoms with van der Waals surface area (Å²) in [6.45, 7) is 4.45. The maximum atomic E-state index is 6.19. The molecule has 0 aliphatic carbocycles. The van der Waals surface area contributed by atoms with Gasteiger partial charge in [0.1, 0.15) is 0 Å². The monoisotopic (exact) mass is 472 g/mol. The van der Waals surface area contributed by atoms with E-state index in [1.807, 2.05) is 30.7 Å². The van der Waals surface area contributed by atoms with Crippen molar-refractivity contribution >= 4 is 75.1 Å². The smallest absolute Gasteiger partial charge is 0.175 e. The quantitative estimate of drug-likeness (QED) is 0.401. The molecule has 0 radical (unpaired) electrons. The third-order valence-corrected chi connectivity index (χ3v) is 5.61. The highest BCUT2D eigenvalue weighted by atomic mass is 35.5. The standard InChI is InChI=1S/C19H16Cl4N4S/c1-10-18(25-19(28)24-17-6-4-13(20)8-16(17)23)11(2)27(26-10)9-12-3-5-14(21)15(22)7-12/h3-8H,9H2,1-2H3,(H2,24,25,28). The molecular formula is C19H16Cl4N4S. The Morgan fingerprint density at radius 3 is 2.39 bits per heavy atom. The lowest BCUT2D eigenvalue weighted by atomic mass is 10.2. The fourth-order valence-corrected chi connectivity index (χ4v) is 3.69. The number of hydrogen-bond acceptors (Lipinski definition) is 2. The Balaban J connectivity index is 1.75. The highest BCUT2D eigenvalue weighted by Crippen LogP contribution is 2.27. The molecule has 0 bridgehead atoms. The molecule has 0 amide bonds. The minimum absolute atomic E-state index is 0.407. The fourth-order valence-electron chi connectivity index (χ4n) is 2.70. The maximum Gasteiger partial charge on any atom is 0.175 e. The molecule has 0 fully saturated rings. The molecule has 1 aromatic heterocycles. The van der Waals surface area contributed by atoms with Crippen LogP contribution in [0.15, 0.2) is 36.4 Å². The molecule has 0 atom stereocenters. The van der Waals surface area contributed by atoms with E-state index in [4.69, 9.17) is 58.6 Å². The van der Waals surface area contributed by atoms with Gasteiger partial charge in [-0.2, -0.15) is 5.10 Å². The Kier molecular flexibility index (Phi) is 6.73. The third kappa shape index (κ3) is 4.91. The van der Waals surface area contributed by atoms with Crippen LogP contribution >= 0.6 is 58.6 Å². The molecule has 146 valence electrons. The number of anilines is 2. The first-order valence-corrected chi connectivity index (χ1v) is 10.2. The first kappa shape index (κ1) is 21.2. The molecule has 0 saturated carbocycles. The van der Waals surface area contributed by atoms with Gasteiger partial charge < -0.3 is 10.6 Å². The zero-order valence-corrected chi connectivity index (χ0v) is 18.8. The van der Waals surface area contributed by atoms with Gasteiger partial charge in [-0.3, -0.25) is 4.68 Å². The molecule has 3 aromatic rings. The topological polar surface area (TPSA) is 41.9 Å². The van der Waals surface area contributed by atoms with Crippen molar-refractivity contribution in [1.29, 1.82) is 0 Å². The van der Waals surface area contributed by atoms with Crippen molar-refractivity contribution in [3.63, 3.8) is 0 Å². The summed E-state index contributed by atoms with van der Waals surface area (Å²) in [6.07, 6.45) is 0. The van der Waals surface area contributed by atoms with Crippen molar-refractivity contribution in [2.75, 3.05) is 10.6 Å². The molecule has 9 heteroatoms. The van der Waals surface area contributed by atoms with E-state index in [0.29, 0.717) is 37.4 Å². The van der Waals surface area contributed by atoms with Crippen molar-refractivity contribution in [2.45, 2.75) is 20.4 Å². The van der Waals surface area contributed by atoms with E-state index in [9.17, 15) is 0 Å². The number of aromatic nitrogens is 2. The zero-order chi connectivity index (χ0) is 20.4. The van der Waals surface area contributed by atoms with Gasteiger partial charge in [-0.05, 0) is 62.0 Å². The second kappa shape index (κ2) is 8.89. The molecule has 0 aliphatic heterocycles. The molecule has 2 N–H and O–H groups in total. The van der Waals surface area contributed by atoms with E-state index in [1.54, 1.807) is 24.3 Å². The van der Waals surface area contributed by atoms with Crippen LogP contribution in [0.4, 0.5) is 11.4 Å². The van der Waals surface area contributed by atoms with Crippen LogP contribution in [0.2, 0.25) is 20.1 Å². The lowest BCUT2D eigenvalue weighted by molar-refractivity contribution is 0.659. The Bertz CT molecular complexity index is 1050. The van der Waals surface area contributed by atoms with Gasteiger partial charge in [-0.25, -0.2) is 0 Å². The van der Waals surface area contributed by atoms with Crippen LogP contribution in [0, 0.1) is 13.8 Å². The first-order valence-electron chi connectivity index (χ1n) is 8.25. The molecule has 2 aromatic carbocycles. The normalized spacial score (nSPS) is 10.8. The van der Waals surface area contributed by atoms with Gasteiger partial charge in [-0.1, -0.05) is 52.5 Å². The minimum atomic E-state index is 0.407. The van der Waals surface area contributed by atoms with Gasteiger partial charge in [0.2, 0.25) is 0 Å². The maximum absolute atomic E-state index is 6.19. The number of nitrogens with one attached hydrogen (secondary N) is 2. The molecule has 1 heterocycles. The average molecular weight is 474 g/mol. The minimum Gasteiger partial charge on any atom is -0.331 e. The Labute approximate surface area is 188 Å². The second-order valence-corrected chi connectivity index (χ2v) is 8.22.